The normalized spacial score (nSPS) is 35.6. The molecule has 0 amide bonds. The maximum Gasteiger partial charge on any atom is 0.0728 e. The van der Waals surface area contributed by atoms with E-state index in [1.807, 2.05) is 0 Å². The smallest absolute Gasteiger partial charge is 0.0728 e. The third-order valence-corrected chi connectivity index (χ3v) is 4.85. The number of rotatable bonds is 4. The van der Waals surface area contributed by atoms with Gasteiger partial charge in [0.05, 0.1) is 6.10 Å². The van der Waals surface area contributed by atoms with Crippen LogP contribution in [0.4, 0.5) is 0 Å². The molecule has 2 saturated carbocycles. The van der Waals surface area contributed by atoms with Crippen LogP contribution in [0, 0.1) is 17.8 Å². The van der Waals surface area contributed by atoms with Crippen molar-refractivity contribution in [2.24, 2.45) is 23.5 Å². The minimum absolute atomic E-state index is 0.284. The molecule has 2 rings (SSSR count). The molecule has 0 aromatic rings. The molecule has 0 spiro atoms. The molecule has 0 aromatic carbocycles. The summed E-state index contributed by atoms with van der Waals surface area (Å²) < 4.78 is 6.13. The molecule has 2 aliphatic carbocycles. The van der Waals surface area contributed by atoms with Gasteiger partial charge in [-0.1, -0.05) is 26.7 Å². The van der Waals surface area contributed by atoms with Gasteiger partial charge in [0.25, 0.3) is 0 Å². The maximum absolute atomic E-state index is 6.20. The average molecular weight is 239 g/mol. The van der Waals surface area contributed by atoms with E-state index < -0.39 is 0 Å². The van der Waals surface area contributed by atoms with E-state index >= 15 is 0 Å². The number of nitrogens with two attached hydrogens (primary N) is 1. The molecule has 0 saturated heterocycles. The van der Waals surface area contributed by atoms with Crippen molar-refractivity contribution in [3.63, 3.8) is 0 Å². The maximum atomic E-state index is 6.20. The third kappa shape index (κ3) is 3.69. The quantitative estimate of drug-likeness (QED) is 0.816. The van der Waals surface area contributed by atoms with E-state index in [1.54, 1.807) is 0 Å². The van der Waals surface area contributed by atoms with Crippen molar-refractivity contribution in [1.82, 2.24) is 0 Å². The Labute approximate surface area is 106 Å². The highest BCUT2D eigenvalue weighted by Gasteiger charge is 2.31. The van der Waals surface area contributed by atoms with Gasteiger partial charge in [-0.3, -0.25) is 0 Å². The lowest BCUT2D eigenvalue weighted by Gasteiger charge is -2.36. The minimum atomic E-state index is 0.284. The number of hydrogen-bond acceptors (Lipinski definition) is 2. The van der Waals surface area contributed by atoms with Gasteiger partial charge in [-0.25, -0.2) is 0 Å². The highest BCUT2D eigenvalue weighted by Crippen LogP contribution is 2.32. The summed E-state index contributed by atoms with van der Waals surface area (Å²) in [5.41, 5.74) is 6.20. The largest absolute Gasteiger partial charge is 0.376 e. The number of hydrogen-bond donors (Lipinski definition) is 1. The van der Waals surface area contributed by atoms with Gasteiger partial charge in [0.1, 0.15) is 0 Å². The Bertz CT molecular complexity index is 223. The van der Waals surface area contributed by atoms with Crippen molar-refractivity contribution in [2.75, 3.05) is 6.61 Å². The SMILES string of the molecule is CC(C)C1CCC(N)C(OCC2CCCC2)C1. The second kappa shape index (κ2) is 6.19. The fourth-order valence-electron chi connectivity index (χ4n) is 3.42. The van der Waals surface area contributed by atoms with Gasteiger partial charge in [0.2, 0.25) is 0 Å². The first kappa shape index (κ1) is 13.4. The summed E-state index contributed by atoms with van der Waals surface area (Å²) in [6, 6.07) is 0.284. The Hall–Kier alpha value is -0.0800. The molecule has 2 aliphatic rings. The zero-order valence-electron chi connectivity index (χ0n) is 11.5. The Balaban J connectivity index is 1.76. The number of ether oxygens (including phenoxy) is 1. The second-order valence-electron chi connectivity index (χ2n) is 6.50. The van der Waals surface area contributed by atoms with Crippen molar-refractivity contribution in [2.45, 2.75) is 70.9 Å². The lowest BCUT2D eigenvalue weighted by Crippen LogP contribution is -2.43. The molecule has 3 atom stereocenters. The Morgan fingerprint density at radius 2 is 1.82 bits per heavy atom. The van der Waals surface area contributed by atoms with Crippen LogP contribution < -0.4 is 5.73 Å². The van der Waals surface area contributed by atoms with Crippen LogP contribution in [0.25, 0.3) is 0 Å². The molecule has 0 radical (unpaired) electrons. The molecule has 2 heteroatoms. The van der Waals surface area contributed by atoms with Crippen molar-refractivity contribution in [3.05, 3.63) is 0 Å². The first-order valence-corrected chi connectivity index (χ1v) is 7.54. The van der Waals surface area contributed by atoms with Crippen molar-refractivity contribution < 1.29 is 4.74 Å². The zero-order chi connectivity index (χ0) is 12.3. The second-order valence-corrected chi connectivity index (χ2v) is 6.50. The molecule has 2 fully saturated rings. The monoisotopic (exact) mass is 239 g/mol. The fourth-order valence-corrected chi connectivity index (χ4v) is 3.42. The van der Waals surface area contributed by atoms with E-state index in [4.69, 9.17) is 10.5 Å². The molecular weight excluding hydrogens is 210 g/mol. The van der Waals surface area contributed by atoms with Gasteiger partial charge in [0, 0.05) is 12.6 Å². The zero-order valence-corrected chi connectivity index (χ0v) is 11.5. The van der Waals surface area contributed by atoms with Crippen molar-refractivity contribution in [3.8, 4) is 0 Å². The Morgan fingerprint density at radius 3 is 2.47 bits per heavy atom. The topological polar surface area (TPSA) is 35.2 Å². The Kier molecular flexibility index (Phi) is 4.87. The van der Waals surface area contributed by atoms with E-state index in [0.717, 1.165) is 30.8 Å². The molecule has 100 valence electrons. The summed E-state index contributed by atoms with van der Waals surface area (Å²) in [4.78, 5) is 0. The van der Waals surface area contributed by atoms with Gasteiger partial charge < -0.3 is 10.5 Å². The van der Waals surface area contributed by atoms with Crippen LogP contribution in [0.2, 0.25) is 0 Å². The van der Waals surface area contributed by atoms with Crippen LogP contribution in [0.5, 0.6) is 0 Å². The minimum Gasteiger partial charge on any atom is -0.376 e. The van der Waals surface area contributed by atoms with Gasteiger partial charge in [-0.05, 0) is 49.9 Å². The molecule has 17 heavy (non-hydrogen) atoms. The van der Waals surface area contributed by atoms with Gasteiger partial charge in [0.15, 0.2) is 0 Å². The molecule has 0 aromatic heterocycles. The molecular formula is C15H29NO. The van der Waals surface area contributed by atoms with E-state index in [1.165, 1.54) is 38.5 Å². The van der Waals surface area contributed by atoms with Crippen molar-refractivity contribution >= 4 is 0 Å². The van der Waals surface area contributed by atoms with Crippen LogP contribution >= 0.6 is 0 Å². The van der Waals surface area contributed by atoms with E-state index in [0.29, 0.717) is 6.10 Å². The molecule has 2 nitrogen and oxygen atoms in total. The van der Waals surface area contributed by atoms with E-state index in [9.17, 15) is 0 Å². The van der Waals surface area contributed by atoms with E-state index in [-0.39, 0.29) is 6.04 Å². The third-order valence-electron chi connectivity index (χ3n) is 4.85. The first-order chi connectivity index (χ1) is 8.16. The standard InChI is InChI=1S/C15H29NO/c1-11(2)13-7-8-14(16)15(9-13)17-10-12-5-3-4-6-12/h11-15H,3-10,16H2,1-2H3. The Morgan fingerprint density at radius 1 is 1.12 bits per heavy atom. The summed E-state index contributed by atoms with van der Waals surface area (Å²) in [5, 5.41) is 0. The lowest BCUT2D eigenvalue weighted by atomic mass is 9.78. The van der Waals surface area contributed by atoms with Crippen LogP contribution in [0.3, 0.4) is 0 Å². The van der Waals surface area contributed by atoms with Gasteiger partial charge in [-0.15, -0.1) is 0 Å². The summed E-state index contributed by atoms with van der Waals surface area (Å²) in [6.07, 6.45) is 9.51. The summed E-state index contributed by atoms with van der Waals surface area (Å²) in [6.45, 7) is 5.62. The average Bonchev–Trinajstić information content (AvgIpc) is 2.80. The van der Waals surface area contributed by atoms with Crippen LogP contribution in [-0.4, -0.2) is 18.8 Å². The summed E-state index contributed by atoms with van der Waals surface area (Å²) >= 11 is 0. The van der Waals surface area contributed by atoms with Crippen LogP contribution in [0.1, 0.15) is 58.8 Å². The molecule has 0 bridgehead atoms. The highest BCUT2D eigenvalue weighted by atomic mass is 16.5. The summed E-state index contributed by atoms with van der Waals surface area (Å²) in [7, 11) is 0. The predicted octanol–water partition coefficient (Wildman–Crippen LogP) is 3.35. The molecule has 0 heterocycles. The predicted molar refractivity (Wildman–Crippen MR) is 71.9 cm³/mol. The fraction of sp³-hybridized carbons (Fsp3) is 1.00. The van der Waals surface area contributed by atoms with Gasteiger partial charge in [-0.2, -0.15) is 0 Å². The van der Waals surface area contributed by atoms with Crippen molar-refractivity contribution in [1.29, 1.82) is 0 Å². The highest BCUT2D eigenvalue weighted by molar-refractivity contribution is 4.85. The lowest BCUT2D eigenvalue weighted by molar-refractivity contribution is -0.0219. The van der Waals surface area contributed by atoms with E-state index in [2.05, 4.69) is 13.8 Å². The van der Waals surface area contributed by atoms with Crippen LogP contribution in [0.15, 0.2) is 0 Å². The summed E-state index contributed by atoms with van der Waals surface area (Å²) in [5.74, 6) is 2.42. The first-order valence-electron chi connectivity index (χ1n) is 7.54. The molecule has 2 N–H and O–H groups in total. The molecule has 0 aliphatic heterocycles. The van der Waals surface area contributed by atoms with Gasteiger partial charge >= 0.3 is 0 Å². The van der Waals surface area contributed by atoms with Crippen LogP contribution in [-0.2, 0) is 4.74 Å². The molecule has 3 unspecified atom stereocenters.